The van der Waals surface area contributed by atoms with E-state index in [0.717, 1.165) is 6.54 Å². The van der Waals surface area contributed by atoms with Crippen LogP contribution in [-0.4, -0.2) is 29.8 Å². The van der Waals surface area contributed by atoms with E-state index in [-0.39, 0.29) is 6.67 Å². The first-order chi connectivity index (χ1) is 6.86. The molecule has 4 nitrogen and oxygen atoms in total. The normalized spacial score (nSPS) is 9.86. The number of hydrogen-bond donors (Lipinski definition) is 1. The van der Waals surface area contributed by atoms with E-state index in [4.69, 9.17) is 4.74 Å². The highest BCUT2D eigenvalue weighted by atomic mass is 19.1. The van der Waals surface area contributed by atoms with Crippen molar-refractivity contribution >= 4 is 5.95 Å². The molecule has 0 unspecified atom stereocenters. The van der Waals surface area contributed by atoms with Crippen LogP contribution in [0.2, 0.25) is 0 Å². The predicted molar refractivity (Wildman–Crippen MR) is 52.3 cm³/mol. The fraction of sp³-hybridized carbons (Fsp3) is 0.556. The van der Waals surface area contributed by atoms with Crippen molar-refractivity contribution in [3.05, 3.63) is 12.3 Å². The van der Waals surface area contributed by atoms with Gasteiger partial charge in [0.05, 0.1) is 13.3 Å². The van der Waals surface area contributed by atoms with E-state index >= 15 is 0 Å². The molecule has 78 valence electrons. The molecule has 0 spiro atoms. The van der Waals surface area contributed by atoms with Crippen LogP contribution in [0, 0.1) is 0 Å². The fourth-order valence-electron chi connectivity index (χ4n) is 0.897. The van der Waals surface area contributed by atoms with E-state index < -0.39 is 0 Å². The van der Waals surface area contributed by atoms with Crippen LogP contribution in [-0.2, 0) is 0 Å². The summed E-state index contributed by atoms with van der Waals surface area (Å²) in [6.45, 7) is 2.69. The summed E-state index contributed by atoms with van der Waals surface area (Å²) in [5.41, 5.74) is 0. The molecule has 1 heterocycles. The first kappa shape index (κ1) is 10.7. The molecule has 1 aromatic heterocycles. The third kappa shape index (κ3) is 3.55. The van der Waals surface area contributed by atoms with Crippen molar-refractivity contribution < 1.29 is 9.13 Å². The minimum absolute atomic E-state index is 0.346. The van der Waals surface area contributed by atoms with Gasteiger partial charge in [0.2, 0.25) is 11.8 Å². The Hall–Kier alpha value is -1.39. The van der Waals surface area contributed by atoms with Crippen molar-refractivity contribution in [2.24, 2.45) is 0 Å². The van der Waals surface area contributed by atoms with Gasteiger partial charge in [-0.1, -0.05) is 0 Å². The minimum atomic E-state index is -0.370. The van der Waals surface area contributed by atoms with Crippen LogP contribution >= 0.6 is 0 Å². The average molecular weight is 199 g/mol. The lowest BCUT2D eigenvalue weighted by molar-refractivity contribution is 0.280. The van der Waals surface area contributed by atoms with Crippen molar-refractivity contribution in [1.29, 1.82) is 0 Å². The topological polar surface area (TPSA) is 47.0 Å². The average Bonchev–Trinajstić information content (AvgIpc) is 2.19. The molecule has 0 atom stereocenters. The van der Waals surface area contributed by atoms with Gasteiger partial charge in [0, 0.05) is 25.2 Å². The zero-order chi connectivity index (χ0) is 10.2. The summed E-state index contributed by atoms with van der Waals surface area (Å²) in [7, 11) is 0. The van der Waals surface area contributed by atoms with Gasteiger partial charge in [0.15, 0.2) is 0 Å². The highest BCUT2D eigenvalue weighted by molar-refractivity contribution is 5.26. The zero-order valence-electron chi connectivity index (χ0n) is 8.16. The maximum Gasteiger partial charge on any atom is 0.225 e. The lowest BCUT2D eigenvalue weighted by Gasteiger charge is -2.05. The summed E-state index contributed by atoms with van der Waals surface area (Å²) in [5.74, 6) is 1.01. The molecular weight excluding hydrogens is 185 g/mol. The van der Waals surface area contributed by atoms with Crippen molar-refractivity contribution in [3.8, 4) is 5.88 Å². The molecule has 0 fully saturated rings. The number of ether oxygens (including phenoxy) is 1. The Balaban J connectivity index is 2.46. The molecule has 1 rings (SSSR count). The van der Waals surface area contributed by atoms with Crippen LogP contribution in [0.15, 0.2) is 12.3 Å². The van der Waals surface area contributed by atoms with E-state index in [9.17, 15) is 4.39 Å². The number of alkyl halides is 1. The highest BCUT2D eigenvalue weighted by Crippen LogP contribution is 2.08. The molecule has 14 heavy (non-hydrogen) atoms. The number of halogens is 1. The van der Waals surface area contributed by atoms with Crippen LogP contribution in [0.5, 0.6) is 5.88 Å². The van der Waals surface area contributed by atoms with Gasteiger partial charge in [-0.15, -0.1) is 0 Å². The van der Waals surface area contributed by atoms with Gasteiger partial charge in [-0.25, -0.2) is 4.98 Å². The van der Waals surface area contributed by atoms with E-state index in [0.29, 0.717) is 24.9 Å². The van der Waals surface area contributed by atoms with Gasteiger partial charge >= 0.3 is 0 Å². The Labute approximate surface area is 82.5 Å². The van der Waals surface area contributed by atoms with E-state index in [1.54, 1.807) is 12.3 Å². The van der Waals surface area contributed by atoms with E-state index in [1.807, 2.05) is 6.92 Å². The standard InChI is InChI=1S/C9H14FN3O/c1-2-11-9-12-6-4-8(13-9)14-7-3-5-10/h4,6H,2-3,5,7H2,1H3,(H,11,12,13). The predicted octanol–water partition coefficient (Wildman–Crippen LogP) is 1.65. The van der Waals surface area contributed by atoms with Gasteiger partial charge in [0.1, 0.15) is 0 Å². The maximum atomic E-state index is 11.8. The number of hydrogen-bond acceptors (Lipinski definition) is 4. The lowest BCUT2D eigenvalue weighted by Crippen LogP contribution is -2.04. The molecule has 0 saturated heterocycles. The van der Waals surface area contributed by atoms with Gasteiger partial charge in [-0.05, 0) is 6.92 Å². The smallest absolute Gasteiger partial charge is 0.225 e. The third-order valence-corrected chi connectivity index (χ3v) is 1.49. The summed E-state index contributed by atoms with van der Waals surface area (Å²) in [4.78, 5) is 8.05. The number of nitrogens with one attached hydrogen (secondary N) is 1. The SMILES string of the molecule is CCNc1nccc(OCCCF)n1. The summed E-state index contributed by atoms with van der Waals surface area (Å²) in [6, 6.07) is 1.65. The first-order valence-corrected chi connectivity index (χ1v) is 4.62. The van der Waals surface area contributed by atoms with Crippen LogP contribution < -0.4 is 10.1 Å². The molecule has 0 aliphatic heterocycles. The molecule has 0 radical (unpaired) electrons. The first-order valence-electron chi connectivity index (χ1n) is 4.62. The molecule has 5 heteroatoms. The molecule has 0 aliphatic carbocycles. The Morgan fingerprint density at radius 2 is 2.43 bits per heavy atom. The van der Waals surface area contributed by atoms with Crippen LogP contribution in [0.1, 0.15) is 13.3 Å². The second-order valence-corrected chi connectivity index (χ2v) is 2.64. The van der Waals surface area contributed by atoms with Gasteiger partial charge in [-0.2, -0.15) is 4.98 Å². The van der Waals surface area contributed by atoms with Crippen LogP contribution in [0.3, 0.4) is 0 Å². The molecule has 0 saturated carbocycles. The third-order valence-electron chi connectivity index (χ3n) is 1.49. The van der Waals surface area contributed by atoms with Crippen LogP contribution in [0.4, 0.5) is 10.3 Å². The Kier molecular flexibility index (Phi) is 4.68. The highest BCUT2D eigenvalue weighted by Gasteiger charge is 1.98. The molecule has 0 amide bonds. The summed E-state index contributed by atoms with van der Waals surface area (Å²) >= 11 is 0. The molecule has 1 N–H and O–H groups in total. The Morgan fingerprint density at radius 1 is 1.57 bits per heavy atom. The summed E-state index contributed by atoms with van der Waals surface area (Å²) < 4.78 is 17.0. The number of aromatic nitrogens is 2. The molecule has 0 aromatic carbocycles. The van der Waals surface area contributed by atoms with Crippen molar-refractivity contribution in [2.45, 2.75) is 13.3 Å². The monoisotopic (exact) mass is 199 g/mol. The number of anilines is 1. The largest absolute Gasteiger partial charge is 0.477 e. The molecule has 0 bridgehead atoms. The molecule has 1 aromatic rings. The quantitative estimate of drug-likeness (QED) is 0.707. The zero-order valence-corrected chi connectivity index (χ0v) is 8.16. The molecular formula is C9H14FN3O. The van der Waals surface area contributed by atoms with Crippen molar-refractivity contribution in [2.75, 3.05) is 25.1 Å². The van der Waals surface area contributed by atoms with E-state index in [2.05, 4.69) is 15.3 Å². The summed E-state index contributed by atoms with van der Waals surface area (Å²) in [5, 5.41) is 2.96. The maximum absolute atomic E-state index is 11.8. The van der Waals surface area contributed by atoms with Gasteiger partial charge in [-0.3, -0.25) is 4.39 Å². The number of rotatable bonds is 6. The molecule has 0 aliphatic rings. The van der Waals surface area contributed by atoms with Crippen molar-refractivity contribution in [1.82, 2.24) is 9.97 Å². The van der Waals surface area contributed by atoms with E-state index in [1.165, 1.54) is 0 Å². The fourth-order valence-corrected chi connectivity index (χ4v) is 0.897. The van der Waals surface area contributed by atoms with Gasteiger partial charge in [0.25, 0.3) is 0 Å². The number of nitrogens with zero attached hydrogens (tertiary/aromatic N) is 2. The van der Waals surface area contributed by atoms with Crippen molar-refractivity contribution in [3.63, 3.8) is 0 Å². The Morgan fingerprint density at radius 3 is 3.14 bits per heavy atom. The minimum Gasteiger partial charge on any atom is -0.477 e. The second-order valence-electron chi connectivity index (χ2n) is 2.64. The Bertz CT molecular complexity index is 270. The summed E-state index contributed by atoms with van der Waals surface area (Å²) in [6.07, 6.45) is 2.00. The lowest BCUT2D eigenvalue weighted by atomic mass is 10.5. The van der Waals surface area contributed by atoms with Crippen LogP contribution in [0.25, 0.3) is 0 Å². The van der Waals surface area contributed by atoms with Gasteiger partial charge < -0.3 is 10.1 Å². The second kappa shape index (κ2) is 6.12.